The van der Waals surface area contributed by atoms with Crippen LogP contribution >= 0.6 is 22.6 Å². The SMILES string of the molecule is CON(C)S(=O)(=O)c1cccc(C(=O)Nc2cccc(I)c2)c1. The Labute approximate surface area is 148 Å². The summed E-state index contributed by atoms with van der Waals surface area (Å²) < 4.78 is 26.1. The Kier molecular flexibility index (Phi) is 5.74. The first-order valence-corrected chi connectivity index (χ1v) is 9.06. The van der Waals surface area contributed by atoms with E-state index in [4.69, 9.17) is 4.84 Å². The van der Waals surface area contributed by atoms with Crippen LogP contribution in [-0.2, 0) is 14.9 Å². The highest BCUT2D eigenvalue weighted by atomic mass is 127. The van der Waals surface area contributed by atoms with E-state index < -0.39 is 10.0 Å². The van der Waals surface area contributed by atoms with E-state index >= 15 is 0 Å². The van der Waals surface area contributed by atoms with Crippen LogP contribution in [0, 0.1) is 3.57 Å². The first-order valence-electron chi connectivity index (χ1n) is 6.54. The summed E-state index contributed by atoms with van der Waals surface area (Å²) in [4.78, 5) is 17.0. The van der Waals surface area contributed by atoms with Gasteiger partial charge in [0.1, 0.15) is 0 Å². The number of hydroxylamine groups is 1. The lowest BCUT2D eigenvalue weighted by molar-refractivity contribution is -0.0258. The highest BCUT2D eigenvalue weighted by Crippen LogP contribution is 2.18. The van der Waals surface area contributed by atoms with E-state index in [-0.39, 0.29) is 16.4 Å². The lowest BCUT2D eigenvalue weighted by Gasteiger charge is -2.14. The molecule has 1 amide bonds. The van der Waals surface area contributed by atoms with Gasteiger partial charge in [-0.15, -0.1) is 0 Å². The van der Waals surface area contributed by atoms with Gasteiger partial charge in [-0.3, -0.25) is 9.63 Å². The molecule has 0 heterocycles. The third-order valence-corrected chi connectivity index (χ3v) is 5.42. The molecule has 0 aromatic heterocycles. The molecule has 2 rings (SSSR count). The largest absolute Gasteiger partial charge is 0.322 e. The van der Waals surface area contributed by atoms with Gasteiger partial charge < -0.3 is 5.32 Å². The van der Waals surface area contributed by atoms with Crippen LogP contribution in [-0.4, -0.2) is 33.0 Å². The normalized spacial score (nSPS) is 11.5. The molecule has 0 unspecified atom stereocenters. The van der Waals surface area contributed by atoms with Crippen LogP contribution in [0.15, 0.2) is 53.4 Å². The van der Waals surface area contributed by atoms with Gasteiger partial charge in [0.2, 0.25) is 0 Å². The quantitative estimate of drug-likeness (QED) is 0.566. The van der Waals surface area contributed by atoms with Gasteiger partial charge in [-0.2, -0.15) is 0 Å². The number of hydrogen-bond donors (Lipinski definition) is 1. The third-order valence-electron chi connectivity index (χ3n) is 3.07. The van der Waals surface area contributed by atoms with E-state index in [1.165, 1.54) is 32.4 Å². The van der Waals surface area contributed by atoms with Crippen LogP contribution in [0.5, 0.6) is 0 Å². The summed E-state index contributed by atoms with van der Waals surface area (Å²) in [5.74, 6) is -0.385. The second-order valence-corrected chi connectivity index (χ2v) is 7.77. The summed E-state index contributed by atoms with van der Waals surface area (Å²) in [5, 5.41) is 2.74. The number of rotatable bonds is 5. The monoisotopic (exact) mass is 446 g/mol. The molecule has 23 heavy (non-hydrogen) atoms. The summed E-state index contributed by atoms with van der Waals surface area (Å²) in [7, 11) is -1.25. The number of carbonyl (C=O) groups is 1. The first kappa shape index (κ1) is 17.9. The number of nitrogens with one attached hydrogen (secondary N) is 1. The molecule has 0 aliphatic heterocycles. The fourth-order valence-corrected chi connectivity index (χ4v) is 3.38. The van der Waals surface area contributed by atoms with Crippen molar-refractivity contribution in [1.29, 1.82) is 0 Å². The zero-order chi connectivity index (χ0) is 17.0. The van der Waals surface area contributed by atoms with Crippen molar-refractivity contribution in [3.63, 3.8) is 0 Å². The zero-order valence-electron chi connectivity index (χ0n) is 12.5. The van der Waals surface area contributed by atoms with Gasteiger partial charge >= 0.3 is 0 Å². The van der Waals surface area contributed by atoms with Crippen LogP contribution in [0.3, 0.4) is 0 Å². The molecule has 0 aliphatic carbocycles. The van der Waals surface area contributed by atoms with Crippen molar-refractivity contribution in [2.75, 3.05) is 19.5 Å². The predicted octanol–water partition coefficient (Wildman–Crippen LogP) is 2.73. The third kappa shape index (κ3) is 4.28. The summed E-state index contributed by atoms with van der Waals surface area (Å²) in [6, 6.07) is 13.1. The standard InChI is InChI=1S/C15H15IN2O4S/c1-18(22-2)23(20,21)14-8-3-5-11(9-14)15(19)17-13-7-4-6-12(16)10-13/h3-10H,1-2H3,(H,17,19). The molecule has 2 aromatic rings. The lowest BCUT2D eigenvalue weighted by Crippen LogP contribution is -2.26. The van der Waals surface area contributed by atoms with Gasteiger partial charge in [-0.1, -0.05) is 16.6 Å². The van der Waals surface area contributed by atoms with E-state index in [1.807, 2.05) is 18.2 Å². The molecular weight excluding hydrogens is 431 g/mol. The number of sulfonamides is 1. The van der Waals surface area contributed by atoms with Crippen molar-refractivity contribution in [3.8, 4) is 0 Å². The molecule has 8 heteroatoms. The number of amides is 1. The van der Waals surface area contributed by atoms with E-state index in [9.17, 15) is 13.2 Å². The average molecular weight is 446 g/mol. The van der Waals surface area contributed by atoms with Crippen molar-refractivity contribution in [3.05, 3.63) is 57.7 Å². The van der Waals surface area contributed by atoms with Crippen molar-refractivity contribution in [2.24, 2.45) is 0 Å². The van der Waals surface area contributed by atoms with Gasteiger partial charge in [0.25, 0.3) is 15.9 Å². The zero-order valence-corrected chi connectivity index (χ0v) is 15.5. The van der Waals surface area contributed by atoms with E-state index in [0.717, 1.165) is 8.04 Å². The molecule has 0 saturated carbocycles. The van der Waals surface area contributed by atoms with Crippen LogP contribution in [0.1, 0.15) is 10.4 Å². The topological polar surface area (TPSA) is 75.7 Å². The van der Waals surface area contributed by atoms with Crippen LogP contribution in [0.25, 0.3) is 0 Å². The lowest BCUT2D eigenvalue weighted by atomic mass is 10.2. The Balaban J connectivity index is 2.28. The Morgan fingerprint density at radius 3 is 2.52 bits per heavy atom. The second kappa shape index (κ2) is 7.39. The Bertz CT molecular complexity index is 824. The summed E-state index contributed by atoms with van der Waals surface area (Å²) in [5.41, 5.74) is 0.888. The summed E-state index contributed by atoms with van der Waals surface area (Å²) in [6.45, 7) is 0. The van der Waals surface area contributed by atoms with Gasteiger partial charge in [-0.25, -0.2) is 8.42 Å². The number of halogens is 1. The number of hydrogen-bond acceptors (Lipinski definition) is 4. The van der Waals surface area contributed by atoms with E-state index in [1.54, 1.807) is 12.1 Å². The van der Waals surface area contributed by atoms with E-state index in [0.29, 0.717) is 5.69 Å². The molecule has 0 spiro atoms. The smallest absolute Gasteiger partial charge is 0.264 e. The molecule has 0 aliphatic rings. The van der Waals surface area contributed by atoms with E-state index in [2.05, 4.69) is 27.9 Å². The number of benzene rings is 2. The Morgan fingerprint density at radius 1 is 1.17 bits per heavy atom. The maximum atomic E-state index is 12.3. The highest BCUT2D eigenvalue weighted by Gasteiger charge is 2.21. The van der Waals surface area contributed by atoms with Gasteiger partial charge in [-0.05, 0) is 59.0 Å². The summed E-state index contributed by atoms with van der Waals surface area (Å²) in [6.07, 6.45) is 0. The van der Waals surface area contributed by atoms with Crippen molar-refractivity contribution in [1.82, 2.24) is 4.47 Å². The number of carbonyl (C=O) groups excluding carboxylic acids is 1. The second-order valence-electron chi connectivity index (χ2n) is 4.59. The van der Waals surface area contributed by atoms with Crippen molar-refractivity contribution >= 4 is 44.2 Å². The van der Waals surface area contributed by atoms with Crippen LogP contribution < -0.4 is 5.32 Å². The molecule has 2 aromatic carbocycles. The minimum atomic E-state index is -3.79. The Morgan fingerprint density at radius 2 is 1.87 bits per heavy atom. The minimum absolute atomic E-state index is 0.0165. The summed E-state index contributed by atoms with van der Waals surface area (Å²) >= 11 is 2.14. The molecule has 0 radical (unpaired) electrons. The predicted molar refractivity (Wildman–Crippen MR) is 95.5 cm³/mol. The number of anilines is 1. The van der Waals surface area contributed by atoms with Crippen molar-refractivity contribution < 1.29 is 18.0 Å². The maximum absolute atomic E-state index is 12.3. The number of nitrogens with zero attached hydrogens (tertiary/aromatic N) is 1. The first-order chi connectivity index (χ1) is 10.8. The molecule has 1 N–H and O–H groups in total. The molecule has 0 bridgehead atoms. The highest BCUT2D eigenvalue weighted by molar-refractivity contribution is 14.1. The van der Waals surface area contributed by atoms with Gasteiger partial charge in [0.05, 0.1) is 12.0 Å². The molecule has 0 fully saturated rings. The van der Waals surface area contributed by atoms with Crippen molar-refractivity contribution in [2.45, 2.75) is 4.90 Å². The van der Waals surface area contributed by atoms with Crippen LogP contribution in [0.4, 0.5) is 5.69 Å². The Hall–Kier alpha value is -1.49. The fourth-order valence-electron chi connectivity index (χ4n) is 1.81. The minimum Gasteiger partial charge on any atom is -0.322 e. The molecule has 6 nitrogen and oxygen atoms in total. The average Bonchev–Trinajstić information content (AvgIpc) is 2.54. The molecule has 0 saturated heterocycles. The van der Waals surface area contributed by atoms with Gasteiger partial charge in [0.15, 0.2) is 0 Å². The fraction of sp³-hybridized carbons (Fsp3) is 0.133. The molecule has 0 atom stereocenters. The van der Waals surface area contributed by atoms with Crippen LogP contribution in [0.2, 0.25) is 0 Å². The molecule has 122 valence electrons. The van der Waals surface area contributed by atoms with Gasteiger partial charge in [0, 0.05) is 21.9 Å². The molecular formula is C15H15IN2O4S. The maximum Gasteiger partial charge on any atom is 0.264 e.